The minimum atomic E-state index is -4.33. The Kier molecular flexibility index (Phi) is 5.78. The summed E-state index contributed by atoms with van der Waals surface area (Å²) in [4.78, 5) is 0. The molecule has 0 unspecified atom stereocenters. The molecule has 1 fully saturated rings. The van der Waals surface area contributed by atoms with E-state index in [0.29, 0.717) is 5.56 Å². The number of alkyl halides is 3. The maximum Gasteiger partial charge on any atom is 0.416 e. The van der Waals surface area contributed by atoms with E-state index in [9.17, 15) is 17.6 Å². The Morgan fingerprint density at radius 3 is 2.30 bits per heavy atom. The summed E-state index contributed by atoms with van der Waals surface area (Å²) in [6.07, 6.45) is 0.0310. The van der Waals surface area contributed by atoms with Crippen molar-refractivity contribution in [2.75, 3.05) is 0 Å². The van der Waals surface area contributed by atoms with E-state index >= 15 is 0 Å². The molecule has 6 heteroatoms. The van der Waals surface area contributed by atoms with Gasteiger partial charge in [-0.1, -0.05) is 12.1 Å². The molecule has 0 bridgehead atoms. The predicted molar refractivity (Wildman–Crippen MR) is 76.8 cm³/mol. The third-order valence-corrected chi connectivity index (χ3v) is 3.97. The summed E-state index contributed by atoms with van der Waals surface area (Å²) in [5.41, 5.74) is 0.0172. The van der Waals surface area contributed by atoms with Gasteiger partial charge in [-0.25, -0.2) is 0 Å². The minimum Gasteiger partial charge on any atom is -0.374 e. The zero-order valence-corrected chi connectivity index (χ0v) is 12.4. The number of benzene rings is 1. The highest BCUT2D eigenvalue weighted by Gasteiger charge is 2.30. The topological polar surface area (TPSA) is 33.0 Å². The van der Waals surface area contributed by atoms with Crippen LogP contribution in [0.2, 0.25) is 0 Å². The zero-order valence-electron chi connectivity index (χ0n) is 12.4. The molecule has 1 aliphatic carbocycles. The molecule has 0 radical (unpaired) electrons. The lowest BCUT2D eigenvalue weighted by molar-refractivity contribution is -0.137. The van der Waals surface area contributed by atoms with Crippen molar-refractivity contribution in [3.05, 3.63) is 47.3 Å². The fourth-order valence-corrected chi connectivity index (χ4v) is 2.67. The minimum absolute atomic E-state index is 0.0205. The van der Waals surface area contributed by atoms with Crippen LogP contribution >= 0.6 is 0 Å². The quantitative estimate of drug-likeness (QED) is 0.565. The monoisotopic (exact) mass is 327 g/mol. The Morgan fingerprint density at radius 1 is 1.17 bits per heavy atom. The van der Waals surface area contributed by atoms with E-state index in [1.807, 2.05) is 0 Å². The molecule has 0 aromatic heterocycles. The number of hydrogen-bond donors (Lipinski definition) is 0. The summed E-state index contributed by atoms with van der Waals surface area (Å²) in [5, 5.41) is 8.41. The number of ether oxygens (including phenoxy) is 1. The molecular weight excluding hydrogens is 310 g/mol. The normalized spacial score (nSPS) is 22.7. The van der Waals surface area contributed by atoms with Crippen LogP contribution in [0.4, 0.5) is 17.6 Å². The molecule has 2 nitrogen and oxygen atoms in total. The van der Waals surface area contributed by atoms with Crippen LogP contribution in [0, 0.1) is 17.2 Å². The molecule has 1 aliphatic rings. The van der Waals surface area contributed by atoms with Crippen LogP contribution in [0.5, 0.6) is 0 Å². The van der Waals surface area contributed by atoms with Gasteiger partial charge in [0.1, 0.15) is 6.07 Å². The maximum atomic E-state index is 12.9. The Hall–Kier alpha value is -1.87. The van der Waals surface area contributed by atoms with Crippen LogP contribution in [0.25, 0.3) is 0 Å². The molecule has 0 N–H and O–H groups in total. The number of halogens is 4. The van der Waals surface area contributed by atoms with Gasteiger partial charge in [0.2, 0.25) is 0 Å². The Morgan fingerprint density at radius 2 is 1.78 bits per heavy atom. The number of allylic oxidation sites excluding steroid dienone is 2. The third kappa shape index (κ3) is 5.36. The molecule has 0 saturated heterocycles. The van der Waals surface area contributed by atoms with E-state index < -0.39 is 17.6 Å². The molecule has 0 amide bonds. The average Bonchev–Trinajstić information content (AvgIpc) is 2.53. The van der Waals surface area contributed by atoms with Crippen molar-refractivity contribution in [1.29, 1.82) is 5.26 Å². The number of nitriles is 1. The third-order valence-electron chi connectivity index (χ3n) is 3.97. The highest BCUT2D eigenvalue weighted by molar-refractivity contribution is 5.24. The molecule has 0 atom stereocenters. The van der Waals surface area contributed by atoms with E-state index in [0.717, 1.165) is 37.8 Å². The maximum absolute atomic E-state index is 12.9. The highest BCUT2D eigenvalue weighted by atomic mass is 19.4. The van der Waals surface area contributed by atoms with E-state index in [1.54, 1.807) is 0 Å². The fourth-order valence-electron chi connectivity index (χ4n) is 2.67. The first kappa shape index (κ1) is 17.5. The molecule has 0 heterocycles. The summed E-state index contributed by atoms with van der Waals surface area (Å²) in [6.45, 7) is 0.260. The smallest absolute Gasteiger partial charge is 0.374 e. The average molecular weight is 327 g/mol. The molecular formula is C17H17F4NO. The lowest BCUT2D eigenvalue weighted by atomic mass is 9.87. The van der Waals surface area contributed by atoms with Gasteiger partial charge in [0.15, 0.2) is 5.83 Å². The van der Waals surface area contributed by atoms with Gasteiger partial charge < -0.3 is 4.74 Å². The van der Waals surface area contributed by atoms with Crippen molar-refractivity contribution in [3.63, 3.8) is 0 Å². The molecule has 1 aromatic rings. The molecule has 0 spiro atoms. The first-order valence-electron chi connectivity index (χ1n) is 7.43. The lowest BCUT2D eigenvalue weighted by Gasteiger charge is -2.26. The van der Waals surface area contributed by atoms with Gasteiger partial charge in [-0.15, -0.1) is 0 Å². The largest absolute Gasteiger partial charge is 0.416 e. The summed E-state index contributed by atoms with van der Waals surface area (Å²) in [6, 6.07) is 6.39. The number of nitrogens with zero attached hydrogens (tertiary/aromatic N) is 1. The van der Waals surface area contributed by atoms with Crippen molar-refractivity contribution >= 4 is 0 Å². The van der Waals surface area contributed by atoms with Crippen molar-refractivity contribution in [1.82, 2.24) is 0 Å². The van der Waals surface area contributed by atoms with Gasteiger partial charge >= 0.3 is 6.18 Å². The Bertz CT molecular complexity index is 578. The first-order chi connectivity index (χ1) is 10.9. The standard InChI is InChI=1S/C17H17F4NO/c18-15(10-22)9-12-3-7-16(8-4-12)23-11-13-1-5-14(6-2-13)17(19,20)21/h1-2,5-6,9,12,16H,3-4,7-8,11H2. The molecule has 23 heavy (non-hydrogen) atoms. The summed E-state index contributed by atoms with van der Waals surface area (Å²) < 4.78 is 56.0. The van der Waals surface area contributed by atoms with E-state index in [1.165, 1.54) is 24.3 Å². The summed E-state index contributed by atoms with van der Waals surface area (Å²) in [5.74, 6) is -0.695. The van der Waals surface area contributed by atoms with Crippen molar-refractivity contribution < 1.29 is 22.3 Å². The lowest BCUT2D eigenvalue weighted by Crippen LogP contribution is -2.20. The van der Waals surface area contributed by atoms with Gasteiger partial charge in [0.05, 0.1) is 18.3 Å². The van der Waals surface area contributed by atoms with Crippen molar-refractivity contribution in [3.8, 4) is 6.07 Å². The first-order valence-corrected chi connectivity index (χ1v) is 7.43. The van der Waals surface area contributed by atoms with Crippen molar-refractivity contribution in [2.24, 2.45) is 5.92 Å². The van der Waals surface area contributed by atoms with Gasteiger partial charge in [0.25, 0.3) is 0 Å². The van der Waals surface area contributed by atoms with Crippen LogP contribution in [-0.2, 0) is 17.5 Å². The number of hydrogen-bond acceptors (Lipinski definition) is 2. The second-order valence-electron chi connectivity index (χ2n) is 5.67. The van der Waals surface area contributed by atoms with E-state index in [2.05, 4.69) is 0 Å². The zero-order chi connectivity index (χ0) is 16.9. The van der Waals surface area contributed by atoms with Gasteiger partial charge in [-0.05, 0) is 55.4 Å². The van der Waals surface area contributed by atoms with E-state index in [-0.39, 0.29) is 18.6 Å². The second kappa shape index (κ2) is 7.60. The molecule has 2 rings (SSSR count). The van der Waals surface area contributed by atoms with Crippen LogP contribution in [0.1, 0.15) is 36.8 Å². The second-order valence-corrected chi connectivity index (χ2v) is 5.67. The van der Waals surface area contributed by atoms with Gasteiger partial charge in [0, 0.05) is 0 Å². The predicted octanol–water partition coefficient (Wildman–Crippen LogP) is 5.16. The molecule has 124 valence electrons. The van der Waals surface area contributed by atoms with Crippen LogP contribution in [0.15, 0.2) is 36.2 Å². The van der Waals surface area contributed by atoms with Crippen molar-refractivity contribution in [2.45, 2.75) is 44.6 Å². The molecule has 1 aromatic carbocycles. The van der Waals surface area contributed by atoms with Crippen LogP contribution in [0.3, 0.4) is 0 Å². The summed E-state index contributed by atoms with van der Waals surface area (Å²) in [7, 11) is 0. The molecule has 0 aliphatic heterocycles. The highest BCUT2D eigenvalue weighted by Crippen LogP contribution is 2.30. The SMILES string of the molecule is N#CC(F)=CC1CCC(OCc2ccc(C(F)(F)F)cc2)CC1. The number of rotatable bonds is 4. The van der Waals surface area contributed by atoms with Crippen LogP contribution < -0.4 is 0 Å². The van der Waals surface area contributed by atoms with Crippen LogP contribution in [-0.4, -0.2) is 6.10 Å². The van der Waals surface area contributed by atoms with Gasteiger partial charge in [-0.3, -0.25) is 0 Å². The Balaban J connectivity index is 1.79. The fraction of sp³-hybridized carbons (Fsp3) is 0.471. The Labute approximate surface area is 132 Å². The molecule has 1 saturated carbocycles. The van der Waals surface area contributed by atoms with Gasteiger partial charge in [-0.2, -0.15) is 22.8 Å². The summed E-state index contributed by atoms with van der Waals surface area (Å²) >= 11 is 0. The van der Waals surface area contributed by atoms with E-state index in [4.69, 9.17) is 10.00 Å².